The molecule has 2 aromatic heterocycles. The van der Waals surface area contributed by atoms with Gasteiger partial charge in [-0.05, 0) is 18.1 Å². The summed E-state index contributed by atoms with van der Waals surface area (Å²) in [6.45, 7) is 3.09. The lowest BCUT2D eigenvalue weighted by Gasteiger charge is -2.22. The van der Waals surface area contributed by atoms with Gasteiger partial charge >= 0.3 is 5.69 Å². The Morgan fingerprint density at radius 2 is 1.81 bits per heavy atom. The van der Waals surface area contributed by atoms with Crippen molar-refractivity contribution in [2.24, 2.45) is 14.1 Å². The second-order valence-electron chi connectivity index (χ2n) is 6.51. The van der Waals surface area contributed by atoms with Crippen LogP contribution in [0.2, 0.25) is 0 Å². The molecule has 2 heterocycles. The molecule has 0 bridgehead atoms. The van der Waals surface area contributed by atoms with Crippen molar-refractivity contribution in [1.29, 1.82) is 0 Å². The van der Waals surface area contributed by atoms with Gasteiger partial charge in [-0.2, -0.15) is 0 Å². The lowest BCUT2D eigenvalue weighted by molar-refractivity contribution is 0.0743. The van der Waals surface area contributed by atoms with Gasteiger partial charge in [0.25, 0.3) is 11.5 Å². The number of hydrogen-bond donors (Lipinski definition) is 0. The molecule has 7 heteroatoms. The third-order valence-electron chi connectivity index (χ3n) is 4.54. The standard InChI is InChI=1S/C20H22N4O3/c1-4-10-24(13-14-8-6-5-7-9-14)18(25)15-11-16-17(21-12-15)22(2)20(27)23(3)19(16)26/h5-9,11-12H,4,10,13H2,1-3H3. The molecule has 0 N–H and O–H groups in total. The molecular weight excluding hydrogens is 344 g/mol. The number of carbonyl (C=O) groups is 1. The van der Waals surface area contributed by atoms with Crippen LogP contribution in [0.1, 0.15) is 29.3 Å². The summed E-state index contributed by atoms with van der Waals surface area (Å²) in [5.74, 6) is -0.189. The van der Waals surface area contributed by atoms with Crippen molar-refractivity contribution in [2.75, 3.05) is 6.54 Å². The number of aromatic nitrogens is 3. The van der Waals surface area contributed by atoms with E-state index in [2.05, 4.69) is 4.98 Å². The molecule has 0 saturated carbocycles. The van der Waals surface area contributed by atoms with Gasteiger partial charge < -0.3 is 4.90 Å². The van der Waals surface area contributed by atoms with Crippen LogP contribution in [0.4, 0.5) is 0 Å². The first-order chi connectivity index (χ1) is 12.9. The quantitative estimate of drug-likeness (QED) is 0.688. The van der Waals surface area contributed by atoms with Crippen LogP contribution < -0.4 is 11.2 Å². The Morgan fingerprint density at radius 1 is 1.11 bits per heavy atom. The van der Waals surface area contributed by atoms with E-state index in [0.29, 0.717) is 18.7 Å². The number of amides is 1. The molecule has 0 saturated heterocycles. The number of pyridine rings is 1. The first-order valence-corrected chi connectivity index (χ1v) is 8.83. The average molecular weight is 366 g/mol. The Labute approximate surface area is 156 Å². The summed E-state index contributed by atoms with van der Waals surface area (Å²) in [5, 5.41) is 0.251. The zero-order valence-corrected chi connectivity index (χ0v) is 15.7. The van der Waals surface area contributed by atoms with Crippen LogP contribution in [0.15, 0.2) is 52.2 Å². The monoisotopic (exact) mass is 366 g/mol. The summed E-state index contributed by atoms with van der Waals surface area (Å²) in [6.07, 6.45) is 2.24. The Bertz CT molecular complexity index is 1100. The molecule has 140 valence electrons. The average Bonchev–Trinajstić information content (AvgIpc) is 2.70. The largest absolute Gasteiger partial charge is 0.334 e. The summed E-state index contributed by atoms with van der Waals surface area (Å²) in [4.78, 5) is 43.5. The van der Waals surface area contributed by atoms with E-state index in [0.717, 1.165) is 16.6 Å². The van der Waals surface area contributed by atoms with Crippen LogP contribution in [0.5, 0.6) is 0 Å². The highest BCUT2D eigenvalue weighted by atomic mass is 16.2. The summed E-state index contributed by atoms with van der Waals surface area (Å²) in [5.41, 5.74) is 0.731. The number of carbonyl (C=O) groups excluding carboxylic acids is 1. The first-order valence-electron chi connectivity index (χ1n) is 8.83. The number of hydrogen-bond acceptors (Lipinski definition) is 4. The molecule has 7 nitrogen and oxygen atoms in total. The van der Waals surface area contributed by atoms with Crippen molar-refractivity contribution in [3.63, 3.8) is 0 Å². The molecule has 0 aliphatic heterocycles. The highest BCUT2D eigenvalue weighted by Gasteiger charge is 2.18. The van der Waals surface area contributed by atoms with Crippen molar-refractivity contribution in [3.05, 3.63) is 74.6 Å². The fourth-order valence-corrected chi connectivity index (χ4v) is 3.09. The van der Waals surface area contributed by atoms with Crippen LogP contribution in [0, 0.1) is 0 Å². The summed E-state index contributed by atoms with van der Waals surface area (Å²) in [7, 11) is 2.97. The fraction of sp³-hybridized carbons (Fsp3) is 0.300. The van der Waals surface area contributed by atoms with Gasteiger partial charge in [-0.1, -0.05) is 37.3 Å². The maximum atomic E-state index is 13.0. The maximum Gasteiger partial charge on any atom is 0.332 e. The van der Waals surface area contributed by atoms with Crippen LogP contribution >= 0.6 is 0 Å². The van der Waals surface area contributed by atoms with Crippen molar-refractivity contribution in [2.45, 2.75) is 19.9 Å². The summed E-state index contributed by atoms with van der Waals surface area (Å²) < 4.78 is 2.32. The molecule has 0 atom stereocenters. The van der Waals surface area contributed by atoms with Crippen molar-refractivity contribution in [1.82, 2.24) is 19.0 Å². The predicted octanol–water partition coefficient (Wildman–Crippen LogP) is 1.68. The van der Waals surface area contributed by atoms with Crippen LogP contribution in [0.3, 0.4) is 0 Å². The van der Waals surface area contributed by atoms with Crippen molar-refractivity contribution in [3.8, 4) is 0 Å². The highest BCUT2D eigenvalue weighted by molar-refractivity contribution is 5.96. The number of nitrogens with zero attached hydrogens (tertiary/aromatic N) is 4. The van der Waals surface area contributed by atoms with Gasteiger partial charge in [0.2, 0.25) is 0 Å². The third-order valence-corrected chi connectivity index (χ3v) is 4.54. The van der Waals surface area contributed by atoms with Gasteiger partial charge in [-0.3, -0.25) is 18.7 Å². The molecule has 0 radical (unpaired) electrons. The fourth-order valence-electron chi connectivity index (χ4n) is 3.09. The normalized spacial score (nSPS) is 10.9. The van der Waals surface area contributed by atoms with Crippen LogP contribution in [0.25, 0.3) is 11.0 Å². The smallest absolute Gasteiger partial charge is 0.332 e. The molecule has 0 fully saturated rings. The van der Waals surface area contributed by atoms with Gasteiger partial charge in [0, 0.05) is 33.4 Å². The topological polar surface area (TPSA) is 77.2 Å². The second-order valence-corrected chi connectivity index (χ2v) is 6.51. The van der Waals surface area contributed by atoms with Gasteiger partial charge in [0.05, 0.1) is 10.9 Å². The second kappa shape index (κ2) is 7.57. The van der Waals surface area contributed by atoms with E-state index in [1.807, 2.05) is 37.3 Å². The first kappa shape index (κ1) is 18.6. The van der Waals surface area contributed by atoms with E-state index in [1.165, 1.54) is 23.9 Å². The predicted molar refractivity (Wildman–Crippen MR) is 104 cm³/mol. The van der Waals surface area contributed by atoms with E-state index in [9.17, 15) is 14.4 Å². The van der Waals surface area contributed by atoms with E-state index >= 15 is 0 Å². The van der Waals surface area contributed by atoms with Gasteiger partial charge in [-0.15, -0.1) is 0 Å². The van der Waals surface area contributed by atoms with E-state index in [4.69, 9.17) is 0 Å². The van der Waals surface area contributed by atoms with E-state index < -0.39 is 11.2 Å². The molecule has 0 aliphatic rings. The van der Waals surface area contributed by atoms with Crippen LogP contribution in [-0.4, -0.2) is 31.5 Å². The zero-order chi connectivity index (χ0) is 19.6. The number of aryl methyl sites for hydroxylation is 1. The summed E-state index contributed by atoms with van der Waals surface area (Å²) >= 11 is 0. The highest BCUT2D eigenvalue weighted by Crippen LogP contribution is 2.13. The molecule has 3 aromatic rings. The van der Waals surface area contributed by atoms with Gasteiger partial charge in [0.15, 0.2) is 0 Å². The van der Waals surface area contributed by atoms with Gasteiger partial charge in [-0.25, -0.2) is 9.78 Å². The van der Waals surface area contributed by atoms with E-state index in [1.54, 1.807) is 11.9 Å². The molecule has 3 rings (SSSR count). The molecule has 27 heavy (non-hydrogen) atoms. The minimum absolute atomic E-state index is 0.189. The Hall–Kier alpha value is -3.22. The number of rotatable bonds is 5. The number of fused-ring (bicyclic) bond motifs is 1. The van der Waals surface area contributed by atoms with Crippen LogP contribution in [-0.2, 0) is 20.6 Å². The SMILES string of the molecule is CCCN(Cc1ccccc1)C(=O)c1cnc2c(c1)c(=O)n(C)c(=O)n2C. The Morgan fingerprint density at radius 3 is 2.48 bits per heavy atom. The summed E-state index contributed by atoms with van der Waals surface area (Å²) in [6, 6.07) is 11.3. The Kier molecular flexibility index (Phi) is 5.21. The lowest BCUT2D eigenvalue weighted by atomic mass is 10.1. The molecule has 1 aromatic carbocycles. The zero-order valence-electron chi connectivity index (χ0n) is 15.7. The third kappa shape index (κ3) is 3.53. The molecule has 0 spiro atoms. The molecule has 1 amide bonds. The molecule has 0 aliphatic carbocycles. The Balaban J connectivity index is 2.03. The van der Waals surface area contributed by atoms with Gasteiger partial charge in [0.1, 0.15) is 5.65 Å². The van der Waals surface area contributed by atoms with Crippen molar-refractivity contribution >= 4 is 16.9 Å². The number of benzene rings is 1. The minimum atomic E-state index is -0.458. The van der Waals surface area contributed by atoms with E-state index in [-0.39, 0.29) is 16.9 Å². The lowest BCUT2D eigenvalue weighted by Crippen LogP contribution is -2.37. The van der Waals surface area contributed by atoms with Crippen molar-refractivity contribution < 1.29 is 4.79 Å². The maximum absolute atomic E-state index is 13.0. The minimum Gasteiger partial charge on any atom is -0.334 e. The molecule has 0 unspecified atom stereocenters. The molecular formula is C20H22N4O3.